The summed E-state index contributed by atoms with van der Waals surface area (Å²) in [6, 6.07) is 8.93. The Morgan fingerprint density at radius 1 is 1.35 bits per heavy atom. The Morgan fingerprint density at radius 3 is 2.60 bits per heavy atom. The first-order valence-electron chi connectivity index (χ1n) is 6.53. The molecule has 1 aromatic rings. The van der Waals surface area contributed by atoms with E-state index in [1.807, 2.05) is 37.3 Å². The van der Waals surface area contributed by atoms with Crippen LogP contribution < -0.4 is 5.32 Å². The molecule has 1 aliphatic rings. The lowest BCUT2D eigenvalue weighted by Gasteiger charge is -2.33. The number of hydrogen-bond acceptors (Lipinski definition) is 3. The van der Waals surface area contributed by atoms with Crippen LogP contribution in [-0.2, 0) is 9.53 Å². The second-order valence-electron chi connectivity index (χ2n) is 4.60. The monoisotopic (exact) mass is 274 g/mol. The second-order valence-corrected chi connectivity index (χ2v) is 4.60. The van der Waals surface area contributed by atoms with Gasteiger partial charge in [-0.2, -0.15) is 0 Å². The van der Waals surface area contributed by atoms with Gasteiger partial charge in [-0.05, 0) is 25.0 Å². The molecule has 1 atom stereocenters. The minimum atomic E-state index is -0.469. The normalized spacial score (nSPS) is 18.9. The van der Waals surface area contributed by atoms with Crippen LogP contribution in [0.3, 0.4) is 0 Å². The number of likely N-dealkylation sites (N-methyl/N-ethyl adjacent to an activating group) is 1. The quantitative estimate of drug-likeness (QED) is 0.860. The Balaban J connectivity index is 2.44. The van der Waals surface area contributed by atoms with Crippen molar-refractivity contribution in [2.24, 2.45) is 0 Å². The van der Waals surface area contributed by atoms with Crippen LogP contribution in [-0.4, -0.2) is 30.6 Å². The zero-order chi connectivity index (χ0) is 14.7. The van der Waals surface area contributed by atoms with Crippen molar-refractivity contribution in [3.8, 4) is 0 Å². The molecule has 106 valence electrons. The van der Waals surface area contributed by atoms with Crippen LogP contribution in [0, 0.1) is 0 Å². The van der Waals surface area contributed by atoms with Crippen LogP contribution in [0.5, 0.6) is 0 Å². The molecular formula is C15H18N2O3. The molecule has 5 nitrogen and oxygen atoms in total. The van der Waals surface area contributed by atoms with E-state index < -0.39 is 5.97 Å². The highest BCUT2D eigenvalue weighted by Crippen LogP contribution is 2.29. The van der Waals surface area contributed by atoms with Gasteiger partial charge in [0.1, 0.15) is 5.70 Å². The minimum absolute atomic E-state index is 0.279. The van der Waals surface area contributed by atoms with Crippen LogP contribution >= 0.6 is 0 Å². The predicted octanol–water partition coefficient (Wildman–Crippen LogP) is 2.22. The van der Waals surface area contributed by atoms with Gasteiger partial charge in [0, 0.05) is 7.05 Å². The summed E-state index contributed by atoms with van der Waals surface area (Å²) in [7, 11) is 1.56. The lowest BCUT2D eigenvalue weighted by Crippen LogP contribution is -2.46. The number of amides is 2. The molecule has 2 amide bonds. The standard InChI is InChI=1S/C15H18N2O3/c1-4-20-14(18)13-10(2)12(16-15(19)17(13)3)11-8-6-5-7-9-11/h5-9,12H,4H2,1-3H3,(H,16,19)/t12-/m0/s1. The summed E-state index contributed by atoms with van der Waals surface area (Å²) in [5.41, 5.74) is 2.02. The number of carbonyl (C=O) groups excluding carboxylic acids is 2. The summed E-state index contributed by atoms with van der Waals surface area (Å²) >= 11 is 0. The molecule has 0 radical (unpaired) electrons. The summed E-state index contributed by atoms with van der Waals surface area (Å²) < 4.78 is 5.04. The van der Waals surface area contributed by atoms with E-state index in [0.717, 1.165) is 11.1 Å². The highest BCUT2D eigenvalue weighted by molar-refractivity contribution is 5.95. The molecule has 0 fully saturated rings. The molecule has 1 N–H and O–H groups in total. The zero-order valence-electron chi connectivity index (χ0n) is 11.8. The van der Waals surface area contributed by atoms with E-state index in [4.69, 9.17) is 4.74 Å². The average Bonchev–Trinajstić information content (AvgIpc) is 2.44. The molecule has 5 heteroatoms. The molecule has 20 heavy (non-hydrogen) atoms. The maximum absolute atomic E-state index is 12.0. The highest BCUT2D eigenvalue weighted by Gasteiger charge is 2.33. The molecule has 1 heterocycles. The molecule has 1 aliphatic heterocycles. The van der Waals surface area contributed by atoms with Gasteiger partial charge in [0.15, 0.2) is 0 Å². The number of esters is 1. The molecule has 0 spiro atoms. The Hall–Kier alpha value is -2.30. The highest BCUT2D eigenvalue weighted by atomic mass is 16.5. The largest absolute Gasteiger partial charge is 0.461 e. The average molecular weight is 274 g/mol. The van der Waals surface area contributed by atoms with Crippen LogP contribution in [0.2, 0.25) is 0 Å². The third-order valence-corrected chi connectivity index (χ3v) is 3.32. The van der Waals surface area contributed by atoms with E-state index in [1.165, 1.54) is 4.90 Å². The first-order chi connectivity index (χ1) is 9.56. The maximum Gasteiger partial charge on any atom is 0.355 e. The fraction of sp³-hybridized carbons (Fsp3) is 0.333. The molecular weight excluding hydrogens is 256 g/mol. The van der Waals surface area contributed by atoms with E-state index in [9.17, 15) is 9.59 Å². The molecule has 1 aromatic carbocycles. The number of nitrogens with one attached hydrogen (secondary N) is 1. The van der Waals surface area contributed by atoms with Crippen molar-refractivity contribution < 1.29 is 14.3 Å². The molecule has 0 saturated carbocycles. The van der Waals surface area contributed by atoms with Crippen molar-refractivity contribution in [3.05, 3.63) is 47.2 Å². The lowest BCUT2D eigenvalue weighted by molar-refractivity contribution is -0.140. The Labute approximate surface area is 118 Å². The second kappa shape index (κ2) is 5.77. The first kappa shape index (κ1) is 14.1. The van der Waals surface area contributed by atoms with Gasteiger partial charge in [0.2, 0.25) is 0 Å². The van der Waals surface area contributed by atoms with Crippen LogP contribution in [0.1, 0.15) is 25.5 Å². The summed E-state index contributed by atoms with van der Waals surface area (Å²) in [6.07, 6.45) is 0. The van der Waals surface area contributed by atoms with Crippen LogP contribution in [0.25, 0.3) is 0 Å². The Morgan fingerprint density at radius 2 is 2.00 bits per heavy atom. The van der Waals surface area contributed by atoms with Gasteiger partial charge in [-0.1, -0.05) is 30.3 Å². The van der Waals surface area contributed by atoms with Gasteiger partial charge in [-0.3, -0.25) is 4.90 Å². The third kappa shape index (κ3) is 2.52. The van der Waals surface area contributed by atoms with Gasteiger partial charge in [-0.25, -0.2) is 9.59 Å². The number of rotatable bonds is 3. The summed E-state index contributed by atoms with van der Waals surface area (Å²) in [6.45, 7) is 3.85. The summed E-state index contributed by atoms with van der Waals surface area (Å²) in [4.78, 5) is 25.4. The van der Waals surface area contributed by atoms with E-state index in [-0.39, 0.29) is 18.7 Å². The van der Waals surface area contributed by atoms with Gasteiger partial charge in [0.25, 0.3) is 0 Å². The van der Waals surface area contributed by atoms with E-state index in [0.29, 0.717) is 5.70 Å². The van der Waals surface area contributed by atoms with Crippen molar-refractivity contribution in [3.63, 3.8) is 0 Å². The topological polar surface area (TPSA) is 58.6 Å². The predicted molar refractivity (Wildman–Crippen MR) is 74.8 cm³/mol. The number of hydrogen-bond donors (Lipinski definition) is 1. The van der Waals surface area contributed by atoms with Crippen LogP contribution in [0.4, 0.5) is 4.79 Å². The SMILES string of the molecule is CCOC(=O)C1=C(C)[C@@H](c2ccccc2)NC(=O)N1C. The maximum atomic E-state index is 12.0. The van der Waals surface area contributed by atoms with Crippen molar-refractivity contribution in [2.75, 3.05) is 13.7 Å². The zero-order valence-corrected chi connectivity index (χ0v) is 11.8. The molecule has 0 unspecified atom stereocenters. The van der Waals surface area contributed by atoms with Gasteiger partial charge < -0.3 is 10.1 Å². The van der Waals surface area contributed by atoms with Crippen molar-refractivity contribution >= 4 is 12.0 Å². The number of carbonyl (C=O) groups is 2. The number of benzene rings is 1. The van der Waals surface area contributed by atoms with Crippen molar-refractivity contribution in [2.45, 2.75) is 19.9 Å². The summed E-state index contributed by atoms with van der Waals surface area (Å²) in [5, 5.41) is 2.88. The van der Waals surface area contributed by atoms with Crippen molar-refractivity contribution in [1.82, 2.24) is 10.2 Å². The molecule has 0 bridgehead atoms. The van der Waals surface area contributed by atoms with E-state index in [2.05, 4.69) is 5.32 Å². The fourth-order valence-electron chi connectivity index (χ4n) is 2.31. The minimum Gasteiger partial charge on any atom is -0.461 e. The van der Waals surface area contributed by atoms with Gasteiger partial charge in [-0.15, -0.1) is 0 Å². The molecule has 0 aliphatic carbocycles. The first-order valence-corrected chi connectivity index (χ1v) is 6.53. The van der Waals surface area contributed by atoms with Crippen molar-refractivity contribution in [1.29, 1.82) is 0 Å². The molecule has 2 rings (SSSR count). The van der Waals surface area contributed by atoms with Gasteiger partial charge >= 0.3 is 12.0 Å². The van der Waals surface area contributed by atoms with Crippen LogP contribution in [0.15, 0.2) is 41.6 Å². The fourth-order valence-corrected chi connectivity index (χ4v) is 2.31. The lowest BCUT2D eigenvalue weighted by atomic mass is 9.96. The Kier molecular flexibility index (Phi) is 4.08. The number of urea groups is 1. The summed E-state index contributed by atoms with van der Waals surface area (Å²) in [5.74, 6) is -0.469. The Bertz CT molecular complexity index is 551. The van der Waals surface area contributed by atoms with E-state index >= 15 is 0 Å². The molecule has 0 aromatic heterocycles. The molecule has 0 saturated heterocycles. The van der Waals surface area contributed by atoms with Gasteiger partial charge in [0.05, 0.1) is 12.6 Å². The van der Waals surface area contributed by atoms with E-state index in [1.54, 1.807) is 14.0 Å². The number of ether oxygens (including phenoxy) is 1. The third-order valence-electron chi connectivity index (χ3n) is 3.32. The number of nitrogens with zero attached hydrogens (tertiary/aromatic N) is 1. The smallest absolute Gasteiger partial charge is 0.355 e.